The topological polar surface area (TPSA) is 29.1 Å². The van der Waals surface area contributed by atoms with Crippen LogP contribution in [0.3, 0.4) is 0 Å². The third-order valence-corrected chi connectivity index (χ3v) is 2.73. The second-order valence-electron chi connectivity index (χ2n) is 3.20. The number of halogens is 2. The summed E-state index contributed by atoms with van der Waals surface area (Å²) < 4.78 is 0. The lowest BCUT2D eigenvalue weighted by atomic mass is 10.1. The fourth-order valence-electron chi connectivity index (χ4n) is 1.21. The Morgan fingerprint density at radius 2 is 2.06 bits per heavy atom. The molecule has 1 amide bonds. The van der Waals surface area contributed by atoms with E-state index in [1.165, 1.54) is 0 Å². The van der Waals surface area contributed by atoms with E-state index in [0.29, 0.717) is 16.5 Å². The summed E-state index contributed by atoms with van der Waals surface area (Å²) in [5.74, 6) is 2.13. The van der Waals surface area contributed by atoms with Crippen LogP contribution >= 0.6 is 23.2 Å². The molecule has 0 saturated carbocycles. The zero-order chi connectivity index (χ0) is 12.1. The van der Waals surface area contributed by atoms with Gasteiger partial charge in [0.15, 0.2) is 0 Å². The van der Waals surface area contributed by atoms with Crippen LogP contribution in [0.5, 0.6) is 0 Å². The Kier molecular flexibility index (Phi) is 4.67. The molecule has 0 saturated heterocycles. The summed E-state index contributed by atoms with van der Waals surface area (Å²) in [6.45, 7) is 1.89. The molecule has 0 aliphatic heterocycles. The van der Waals surface area contributed by atoms with Crippen LogP contribution in [-0.4, -0.2) is 11.9 Å². The Morgan fingerprint density at radius 1 is 1.50 bits per heavy atom. The van der Waals surface area contributed by atoms with Gasteiger partial charge in [0.1, 0.15) is 0 Å². The van der Waals surface area contributed by atoms with Crippen molar-refractivity contribution in [2.24, 2.45) is 0 Å². The molecule has 0 radical (unpaired) electrons. The molecule has 0 heterocycles. The highest BCUT2D eigenvalue weighted by atomic mass is 35.5. The van der Waals surface area contributed by atoms with Gasteiger partial charge in [0.2, 0.25) is 0 Å². The SMILES string of the molecule is C#CC(CC)NC(=O)c1c(Cl)cccc1Cl. The first kappa shape index (κ1) is 12.9. The molecule has 0 bridgehead atoms. The minimum Gasteiger partial charge on any atom is -0.338 e. The van der Waals surface area contributed by atoms with Crippen molar-refractivity contribution in [1.29, 1.82) is 0 Å². The van der Waals surface area contributed by atoms with Gasteiger partial charge in [-0.15, -0.1) is 6.42 Å². The first-order chi connectivity index (χ1) is 7.60. The number of hydrogen-bond acceptors (Lipinski definition) is 1. The van der Waals surface area contributed by atoms with Crippen LogP contribution in [0.2, 0.25) is 10.0 Å². The largest absolute Gasteiger partial charge is 0.338 e. The van der Waals surface area contributed by atoms with Crippen molar-refractivity contribution in [2.75, 3.05) is 0 Å². The van der Waals surface area contributed by atoms with Gasteiger partial charge in [0, 0.05) is 0 Å². The van der Waals surface area contributed by atoms with E-state index in [4.69, 9.17) is 29.6 Å². The molecule has 4 heteroatoms. The normalized spacial score (nSPS) is 11.6. The Hall–Kier alpha value is -1.17. The smallest absolute Gasteiger partial charge is 0.255 e. The van der Waals surface area contributed by atoms with Gasteiger partial charge in [-0.25, -0.2) is 0 Å². The van der Waals surface area contributed by atoms with Crippen molar-refractivity contribution in [3.63, 3.8) is 0 Å². The predicted molar refractivity (Wildman–Crippen MR) is 66.8 cm³/mol. The number of benzene rings is 1. The molecule has 2 nitrogen and oxygen atoms in total. The monoisotopic (exact) mass is 255 g/mol. The number of hydrogen-bond donors (Lipinski definition) is 1. The maximum atomic E-state index is 11.8. The number of carbonyl (C=O) groups is 1. The van der Waals surface area contributed by atoms with Crippen molar-refractivity contribution < 1.29 is 4.79 Å². The van der Waals surface area contributed by atoms with Gasteiger partial charge in [-0.1, -0.05) is 42.1 Å². The minimum absolute atomic E-state index is 0.263. The molecule has 1 atom stereocenters. The molecule has 0 aliphatic rings. The lowest BCUT2D eigenvalue weighted by Gasteiger charge is -2.12. The summed E-state index contributed by atoms with van der Waals surface area (Å²) in [6, 6.07) is 4.60. The van der Waals surface area contributed by atoms with Crippen LogP contribution in [0.25, 0.3) is 0 Å². The molecule has 0 aromatic heterocycles. The van der Waals surface area contributed by atoms with Gasteiger partial charge in [0.05, 0.1) is 21.7 Å². The van der Waals surface area contributed by atoms with Crippen LogP contribution in [0, 0.1) is 12.3 Å². The predicted octanol–water partition coefficient (Wildman–Crippen LogP) is 3.14. The molecular formula is C12H11Cl2NO. The molecular weight excluding hydrogens is 245 g/mol. The first-order valence-electron chi connectivity index (χ1n) is 4.81. The van der Waals surface area contributed by atoms with Crippen LogP contribution < -0.4 is 5.32 Å². The highest BCUT2D eigenvalue weighted by Crippen LogP contribution is 2.24. The Morgan fingerprint density at radius 3 is 2.50 bits per heavy atom. The summed E-state index contributed by atoms with van der Waals surface area (Å²) in [4.78, 5) is 11.8. The average Bonchev–Trinajstić information content (AvgIpc) is 2.25. The fourth-order valence-corrected chi connectivity index (χ4v) is 1.78. The molecule has 1 N–H and O–H groups in total. The Labute approximate surface area is 105 Å². The molecule has 16 heavy (non-hydrogen) atoms. The summed E-state index contributed by atoms with van der Waals surface area (Å²) in [5, 5.41) is 3.30. The quantitative estimate of drug-likeness (QED) is 0.827. The van der Waals surface area contributed by atoms with Crippen LogP contribution in [0.1, 0.15) is 23.7 Å². The molecule has 0 spiro atoms. The van der Waals surface area contributed by atoms with E-state index >= 15 is 0 Å². The lowest BCUT2D eigenvalue weighted by Crippen LogP contribution is -2.33. The van der Waals surface area contributed by atoms with Gasteiger partial charge >= 0.3 is 0 Å². The Bertz CT molecular complexity index is 417. The third-order valence-electron chi connectivity index (χ3n) is 2.10. The average molecular weight is 256 g/mol. The van der Waals surface area contributed by atoms with Gasteiger partial charge in [-0.3, -0.25) is 4.79 Å². The van der Waals surface area contributed by atoms with E-state index in [0.717, 1.165) is 0 Å². The van der Waals surface area contributed by atoms with E-state index in [2.05, 4.69) is 11.2 Å². The zero-order valence-corrected chi connectivity index (χ0v) is 10.3. The van der Waals surface area contributed by atoms with E-state index in [-0.39, 0.29) is 17.5 Å². The summed E-state index contributed by atoms with van der Waals surface area (Å²) in [5.41, 5.74) is 0.263. The van der Waals surface area contributed by atoms with E-state index in [1.54, 1.807) is 18.2 Å². The second-order valence-corrected chi connectivity index (χ2v) is 4.01. The first-order valence-corrected chi connectivity index (χ1v) is 5.56. The van der Waals surface area contributed by atoms with E-state index in [9.17, 15) is 4.79 Å². The van der Waals surface area contributed by atoms with Gasteiger partial charge < -0.3 is 5.32 Å². The zero-order valence-electron chi connectivity index (χ0n) is 8.76. The van der Waals surface area contributed by atoms with Crippen molar-refractivity contribution >= 4 is 29.1 Å². The number of rotatable bonds is 3. The van der Waals surface area contributed by atoms with Crippen LogP contribution in [0.4, 0.5) is 0 Å². The standard InChI is InChI=1S/C12H11Cl2NO/c1-3-8(4-2)15-12(16)11-9(13)6-5-7-10(11)14/h1,5-8H,4H2,2H3,(H,15,16). The van der Waals surface area contributed by atoms with Gasteiger partial charge in [-0.05, 0) is 18.6 Å². The van der Waals surface area contributed by atoms with E-state index < -0.39 is 0 Å². The van der Waals surface area contributed by atoms with Crippen molar-refractivity contribution in [3.8, 4) is 12.3 Å². The van der Waals surface area contributed by atoms with E-state index in [1.807, 2.05) is 6.92 Å². The number of amides is 1. The molecule has 1 rings (SSSR count). The maximum Gasteiger partial charge on any atom is 0.255 e. The number of terminal acetylenes is 1. The highest BCUT2D eigenvalue weighted by molar-refractivity contribution is 6.39. The third kappa shape index (κ3) is 2.91. The summed E-state index contributed by atoms with van der Waals surface area (Å²) in [6.07, 6.45) is 5.91. The molecule has 0 aliphatic carbocycles. The highest BCUT2D eigenvalue weighted by Gasteiger charge is 2.16. The lowest BCUT2D eigenvalue weighted by molar-refractivity contribution is 0.0945. The molecule has 1 unspecified atom stereocenters. The number of carbonyl (C=O) groups excluding carboxylic acids is 1. The summed E-state index contributed by atoms with van der Waals surface area (Å²) in [7, 11) is 0. The van der Waals surface area contributed by atoms with Crippen molar-refractivity contribution in [2.45, 2.75) is 19.4 Å². The number of nitrogens with one attached hydrogen (secondary N) is 1. The van der Waals surface area contributed by atoms with Gasteiger partial charge in [0.25, 0.3) is 5.91 Å². The molecule has 0 fully saturated rings. The van der Waals surface area contributed by atoms with Crippen LogP contribution in [-0.2, 0) is 0 Å². The second kappa shape index (κ2) is 5.79. The maximum absolute atomic E-state index is 11.8. The molecule has 1 aromatic rings. The molecule has 1 aromatic carbocycles. The van der Waals surface area contributed by atoms with Crippen molar-refractivity contribution in [1.82, 2.24) is 5.32 Å². The minimum atomic E-state index is -0.347. The van der Waals surface area contributed by atoms with Crippen LogP contribution in [0.15, 0.2) is 18.2 Å². The molecule has 84 valence electrons. The van der Waals surface area contributed by atoms with Gasteiger partial charge in [-0.2, -0.15) is 0 Å². The van der Waals surface area contributed by atoms with Crippen molar-refractivity contribution in [3.05, 3.63) is 33.8 Å². The summed E-state index contributed by atoms with van der Waals surface area (Å²) >= 11 is 11.8. The fraction of sp³-hybridized carbons (Fsp3) is 0.250. The Balaban J connectivity index is 2.94.